The molecule has 58 heavy (non-hydrogen) atoms. The Morgan fingerprint density at radius 1 is 0.690 bits per heavy atom. The molecule has 322 valence electrons. The van der Waals surface area contributed by atoms with Crippen LogP contribution in [-0.2, 0) is 32.0 Å². The van der Waals surface area contributed by atoms with Gasteiger partial charge in [0, 0.05) is 65.4 Å². The number of phenolic OH excluding ortho intramolecular Hbond substituents is 1. The molecule has 2 aromatic rings. The Hall–Kier alpha value is -4.52. The van der Waals surface area contributed by atoms with Crippen molar-refractivity contribution in [3.63, 3.8) is 0 Å². The fraction of sp³-hybridized carbons (Fsp3) is 0.610. The molecule has 4 atom stereocenters. The normalized spacial score (nSPS) is 17.2. The Balaban J connectivity index is 1.45. The predicted molar refractivity (Wildman–Crippen MR) is 220 cm³/mol. The van der Waals surface area contributed by atoms with Crippen molar-refractivity contribution >= 4 is 23.9 Å². The number of benzene rings is 2. The molecule has 4 rings (SSSR count). The molecule has 0 unspecified atom stereocenters. The molecule has 17 nitrogen and oxygen atoms in total. The zero-order valence-electron chi connectivity index (χ0n) is 34.5. The van der Waals surface area contributed by atoms with E-state index in [1.54, 1.807) is 12.1 Å². The van der Waals surface area contributed by atoms with E-state index in [2.05, 4.69) is 41.8 Å². The number of aliphatic hydroxyl groups is 1. The first-order valence-electron chi connectivity index (χ1n) is 20.4. The average molecular weight is 812 g/mol. The Bertz CT molecular complexity index is 1540. The first kappa shape index (κ1) is 46.2. The van der Waals surface area contributed by atoms with Crippen LogP contribution in [-0.4, -0.2) is 158 Å². The number of carbonyl (C=O) groups is 4. The van der Waals surface area contributed by atoms with Crippen molar-refractivity contribution in [2.75, 3.05) is 85.3 Å². The SMILES string of the molecule is CC(C)[C@H](NC(=O)NCCN1CCOCC1)C(=O)N[C@@H](Cc1ccccc1)[C@@H](O)CN(Cc1ccc(O)cc1)NC(=O)[C@@H](NC(=O)NCCN1CCOCC1)C(C)C. The summed E-state index contributed by atoms with van der Waals surface area (Å²) in [6.07, 6.45) is -0.961. The highest BCUT2D eigenvalue weighted by atomic mass is 16.5. The number of rotatable bonds is 21. The highest BCUT2D eigenvalue weighted by Gasteiger charge is 2.32. The highest BCUT2D eigenvalue weighted by Crippen LogP contribution is 2.15. The smallest absolute Gasteiger partial charge is 0.315 e. The Morgan fingerprint density at radius 3 is 1.69 bits per heavy atom. The van der Waals surface area contributed by atoms with Crippen LogP contribution >= 0.6 is 0 Å². The molecule has 0 spiro atoms. The van der Waals surface area contributed by atoms with Crippen LogP contribution in [0, 0.1) is 11.8 Å². The van der Waals surface area contributed by atoms with Gasteiger partial charge in [0.25, 0.3) is 5.91 Å². The van der Waals surface area contributed by atoms with Crippen molar-refractivity contribution in [3.8, 4) is 5.75 Å². The zero-order valence-corrected chi connectivity index (χ0v) is 34.5. The van der Waals surface area contributed by atoms with Gasteiger partial charge in [0.05, 0.1) is 38.6 Å². The molecule has 2 aliphatic rings. The van der Waals surface area contributed by atoms with Gasteiger partial charge in [0.2, 0.25) is 5.91 Å². The molecule has 0 radical (unpaired) electrons. The van der Waals surface area contributed by atoms with E-state index in [0.29, 0.717) is 52.6 Å². The number of hydrazine groups is 1. The number of amides is 6. The minimum Gasteiger partial charge on any atom is -0.508 e. The van der Waals surface area contributed by atoms with Crippen molar-refractivity contribution in [1.29, 1.82) is 0 Å². The molecule has 2 aliphatic heterocycles. The number of ether oxygens (including phenoxy) is 2. The summed E-state index contributed by atoms with van der Waals surface area (Å²) < 4.78 is 10.8. The summed E-state index contributed by atoms with van der Waals surface area (Å²) in [6, 6.07) is 12.3. The second-order valence-corrected chi connectivity index (χ2v) is 15.5. The number of nitrogens with one attached hydrogen (secondary N) is 6. The van der Waals surface area contributed by atoms with E-state index < -0.39 is 48.1 Å². The maximum atomic E-state index is 13.9. The molecular formula is C41H65N9O8. The van der Waals surface area contributed by atoms with Crippen molar-refractivity contribution in [3.05, 3.63) is 65.7 Å². The Morgan fingerprint density at radius 2 is 1.19 bits per heavy atom. The van der Waals surface area contributed by atoms with E-state index in [1.807, 2.05) is 58.0 Å². The van der Waals surface area contributed by atoms with Crippen LogP contribution in [0.2, 0.25) is 0 Å². The van der Waals surface area contributed by atoms with E-state index in [4.69, 9.17) is 9.47 Å². The van der Waals surface area contributed by atoms with Crippen LogP contribution in [0.4, 0.5) is 9.59 Å². The number of phenols is 1. The molecule has 2 saturated heterocycles. The molecule has 8 N–H and O–H groups in total. The minimum atomic E-state index is -1.22. The van der Waals surface area contributed by atoms with Crippen LogP contribution in [0.3, 0.4) is 0 Å². The summed E-state index contributed by atoms with van der Waals surface area (Å²) in [5.74, 6) is -1.44. The number of hydrogen-bond acceptors (Lipinski definition) is 11. The Labute approximate surface area is 342 Å². The van der Waals surface area contributed by atoms with Gasteiger partial charge in [-0.2, -0.15) is 0 Å². The van der Waals surface area contributed by atoms with Gasteiger partial charge in [-0.05, 0) is 41.5 Å². The lowest BCUT2D eigenvalue weighted by molar-refractivity contribution is -0.131. The zero-order chi connectivity index (χ0) is 41.9. The number of carbonyl (C=O) groups excluding carboxylic acids is 4. The number of nitrogens with zero attached hydrogens (tertiary/aromatic N) is 3. The van der Waals surface area contributed by atoms with Crippen LogP contribution < -0.4 is 32.0 Å². The summed E-state index contributed by atoms with van der Waals surface area (Å²) in [5, 5.41) is 37.7. The molecule has 2 heterocycles. The van der Waals surface area contributed by atoms with Crippen molar-refractivity contribution in [2.24, 2.45) is 11.8 Å². The van der Waals surface area contributed by atoms with E-state index in [1.165, 1.54) is 17.1 Å². The topological polar surface area (TPSA) is 209 Å². The molecule has 2 aromatic carbocycles. The maximum Gasteiger partial charge on any atom is 0.315 e. The van der Waals surface area contributed by atoms with Crippen LogP contribution in [0.1, 0.15) is 38.8 Å². The van der Waals surface area contributed by atoms with Gasteiger partial charge in [-0.1, -0.05) is 70.2 Å². The number of hydrogen-bond donors (Lipinski definition) is 8. The lowest BCUT2D eigenvalue weighted by atomic mass is 9.98. The molecule has 0 aliphatic carbocycles. The maximum absolute atomic E-state index is 13.9. The summed E-state index contributed by atoms with van der Waals surface area (Å²) in [5.41, 5.74) is 4.50. The van der Waals surface area contributed by atoms with E-state index in [9.17, 15) is 29.4 Å². The summed E-state index contributed by atoms with van der Waals surface area (Å²) in [4.78, 5) is 58.1. The largest absolute Gasteiger partial charge is 0.508 e. The predicted octanol–water partition coefficient (Wildman–Crippen LogP) is 0.626. The molecule has 0 bridgehead atoms. The van der Waals surface area contributed by atoms with Gasteiger partial charge in [0.1, 0.15) is 17.8 Å². The third-order valence-electron chi connectivity index (χ3n) is 10.2. The van der Waals surface area contributed by atoms with Gasteiger partial charge in [-0.3, -0.25) is 24.8 Å². The molecular weight excluding hydrogens is 747 g/mol. The van der Waals surface area contributed by atoms with E-state index in [0.717, 1.165) is 37.3 Å². The lowest BCUT2D eigenvalue weighted by Gasteiger charge is -2.33. The van der Waals surface area contributed by atoms with Gasteiger partial charge >= 0.3 is 12.1 Å². The van der Waals surface area contributed by atoms with Gasteiger partial charge in [-0.25, -0.2) is 14.6 Å². The van der Waals surface area contributed by atoms with Gasteiger partial charge in [0.15, 0.2) is 0 Å². The van der Waals surface area contributed by atoms with Crippen molar-refractivity contribution < 1.29 is 38.9 Å². The monoisotopic (exact) mass is 811 g/mol. The van der Waals surface area contributed by atoms with E-state index >= 15 is 0 Å². The summed E-state index contributed by atoms with van der Waals surface area (Å²) in [7, 11) is 0. The van der Waals surface area contributed by atoms with E-state index in [-0.39, 0.29) is 37.1 Å². The molecule has 0 aromatic heterocycles. The van der Waals surface area contributed by atoms with Crippen LogP contribution in [0.5, 0.6) is 5.75 Å². The number of aromatic hydroxyl groups is 1. The fourth-order valence-electron chi connectivity index (χ4n) is 6.73. The van der Waals surface area contributed by atoms with Crippen LogP contribution in [0.25, 0.3) is 0 Å². The first-order valence-corrected chi connectivity index (χ1v) is 20.4. The quantitative estimate of drug-likeness (QED) is 0.0821. The third-order valence-corrected chi connectivity index (χ3v) is 10.2. The fourth-order valence-corrected chi connectivity index (χ4v) is 6.73. The lowest BCUT2D eigenvalue weighted by Crippen LogP contribution is -2.60. The first-order chi connectivity index (χ1) is 27.9. The molecule has 2 fully saturated rings. The van der Waals surface area contributed by atoms with Gasteiger partial charge in [-0.15, -0.1) is 0 Å². The highest BCUT2D eigenvalue weighted by molar-refractivity contribution is 5.88. The van der Waals surface area contributed by atoms with Crippen LogP contribution in [0.15, 0.2) is 54.6 Å². The summed E-state index contributed by atoms with van der Waals surface area (Å²) in [6.45, 7) is 15.2. The third kappa shape index (κ3) is 16.4. The standard InChI is InChI=1S/C41H65N9O8/c1-29(2)36(45-40(55)42-14-16-48-18-22-57-23-19-48)38(53)44-34(26-31-8-6-5-7-9-31)35(52)28-50(27-32-10-12-33(51)13-11-32)47-39(54)37(30(3)4)46-41(56)43-15-17-49-20-24-58-25-21-49/h5-13,29-30,34-37,51-52H,14-28H2,1-4H3,(H,44,53)(H,47,54)(H2,42,45,55)(H2,43,46,56)/t34-,35-,36-,37-/m0/s1. The van der Waals surface area contributed by atoms with Gasteiger partial charge < -0.3 is 46.3 Å². The van der Waals surface area contributed by atoms with Crippen molar-refractivity contribution in [1.82, 2.24) is 46.8 Å². The minimum absolute atomic E-state index is 0.0767. The molecule has 0 saturated carbocycles. The number of urea groups is 2. The second kappa shape index (κ2) is 24.4. The number of aliphatic hydroxyl groups excluding tert-OH is 1. The Kier molecular flexibility index (Phi) is 19.4. The summed E-state index contributed by atoms with van der Waals surface area (Å²) >= 11 is 0. The second-order valence-electron chi connectivity index (χ2n) is 15.5. The van der Waals surface area contributed by atoms with Crippen molar-refractivity contribution in [2.45, 2.75) is 64.9 Å². The molecule has 6 amide bonds. The molecule has 17 heteroatoms. The average Bonchev–Trinajstić information content (AvgIpc) is 3.20. The number of morpholine rings is 2.